The number of nitrogens with zero attached hydrogens (tertiary/aromatic N) is 2. The van der Waals surface area contributed by atoms with Crippen LogP contribution in [-0.4, -0.2) is 58.1 Å². The molecular formula is C21H25Cl2N3O5S. The Kier molecular flexibility index (Phi) is 8.77. The molecule has 0 aromatic heterocycles. The number of halogens is 2. The van der Waals surface area contributed by atoms with Crippen LogP contribution < -0.4 is 14.4 Å². The van der Waals surface area contributed by atoms with Gasteiger partial charge in [0.05, 0.1) is 19.1 Å². The average molecular weight is 502 g/mol. The fourth-order valence-corrected chi connectivity index (χ4v) is 4.38. The first kappa shape index (κ1) is 25.8. The summed E-state index contributed by atoms with van der Waals surface area (Å²) in [4.78, 5) is 26.9. The molecular weight excluding hydrogens is 477 g/mol. The molecule has 0 aliphatic rings. The first-order chi connectivity index (χ1) is 15.0. The fraction of sp³-hybridized carbons (Fsp3) is 0.333. The summed E-state index contributed by atoms with van der Waals surface area (Å²) in [5, 5.41) is 3.15. The molecule has 0 radical (unpaired) electrons. The summed E-state index contributed by atoms with van der Waals surface area (Å²) in [6, 6.07) is 10.3. The van der Waals surface area contributed by atoms with Gasteiger partial charge in [-0.15, -0.1) is 0 Å². The molecule has 2 rings (SSSR count). The zero-order valence-electron chi connectivity index (χ0n) is 18.1. The van der Waals surface area contributed by atoms with Crippen molar-refractivity contribution in [1.82, 2.24) is 10.2 Å². The number of anilines is 1. The van der Waals surface area contributed by atoms with Crippen LogP contribution in [0.25, 0.3) is 0 Å². The van der Waals surface area contributed by atoms with Gasteiger partial charge in [0.1, 0.15) is 18.3 Å². The summed E-state index contributed by atoms with van der Waals surface area (Å²) in [5.74, 6) is -0.596. The van der Waals surface area contributed by atoms with Crippen LogP contribution in [0.3, 0.4) is 0 Å². The molecule has 0 saturated heterocycles. The predicted octanol–water partition coefficient (Wildman–Crippen LogP) is 2.93. The van der Waals surface area contributed by atoms with Crippen LogP contribution >= 0.6 is 23.2 Å². The zero-order valence-corrected chi connectivity index (χ0v) is 20.5. The van der Waals surface area contributed by atoms with Crippen molar-refractivity contribution < 1.29 is 22.7 Å². The number of hydrogen-bond donors (Lipinski definition) is 1. The Bertz CT molecular complexity index is 1070. The summed E-state index contributed by atoms with van der Waals surface area (Å²) >= 11 is 12.5. The Morgan fingerprint density at radius 2 is 1.72 bits per heavy atom. The van der Waals surface area contributed by atoms with Gasteiger partial charge in [0.15, 0.2) is 0 Å². The number of sulfonamides is 1. The fourth-order valence-electron chi connectivity index (χ4n) is 3.02. The van der Waals surface area contributed by atoms with Gasteiger partial charge in [0.2, 0.25) is 21.8 Å². The molecule has 11 heteroatoms. The van der Waals surface area contributed by atoms with Crippen LogP contribution in [-0.2, 0) is 26.2 Å². The van der Waals surface area contributed by atoms with Gasteiger partial charge < -0.3 is 15.0 Å². The van der Waals surface area contributed by atoms with Crippen LogP contribution in [0, 0.1) is 0 Å². The minimum atomic E-state index is -3.83. The van der Waals surface area contributed by atoms with Crippen molar-refractivity contribution >= 4 is 50.7 Å². The predicted molar refractivity (Wildman–Crippen MR) is 126 cm³/mol. The molecule has 8 nitrogen and oxygen atoms in total. The van der Waals surface area contributed by atoms with Crippen LogP contribution in [0.5, 0.6) is 5.75 Å². The molecule has 2 aromatic carbocycles. The lowest BCUT2D eigenvalue weighted by atomic mass is 10.1. The SMILES string of the molecule is CNC(=O)[C@@H](C)N(Cc1c(Cl)cccc1Cl)C(=O)CN(c1cccc(OC)c1)S(C)(=O)=O. The van der Waals surface area contributed by atoms with Gasteiger partial charge in [-0.25, -0.2) is 8.42 Å². The monoisotopic (exact) mass is 501 g/mol. The number of methoxy groups -OCH3 is 1. The largest absolute Gasteiger partial charge is 0.497 e. The van der Waals surface area contributed by atoms with Gasteiger partial charge >= 0.3 is 0 Å². The number of likely N-dealkylation sites (N-methyl/N-ethyl adjacent to an activating group) is 1. The lowest BCUT2D eigenvalue weighted by Crippen LogP contribution is -2.50. The van der Waals surface area contributed by atoms with Crippen molar-refractivity contribution in [3.63, 3.8) is 0 Å². The number of nitrogens with one attached hydrogen (secondary N) is 1. The highest BCUT2D eigenvalue weighted by Crippen LogP contribution is 2.27. The summed E-state index contributed by atoms with van der Waals surface area (Å²) in [5.41, 5.74) is 0.704. The van der Waals surface area contributed by atoms with E-state index < -0.39 is 34.4 Å². The van der Waals surface area contributed by atoms with Crippen LogP contribution in [0.1, 0.15) is 12.5 Å². The number of rotatable bonds is 9. The molecule has 32 heavy (non-hydrogen) atoms. The number of ether oxygens (including phenoxy) is 1. The van der Waals surface area contributed by atoms with Gasteiger partial charge in [0.25, 0.3) is 0 Å². The van der Waals surface area contributed by atoms with Crippen molar-refractivity contribution in [2.24, 2.45) is 0 Å². The topological polar surface area (TPSA) is 96.0 Å². The minimum absolute atomic E-state index is 0.0817. The van der Waals surface area contributed by atoms with E-state index in [1.165, 1.54) is 32.0 Å². The van der Waals surface area contributed by atoms with Gasteiger partial charge in [-0.1, -0.05) is 35.3 Å². The average Bonchev–Trinajstić information content (AvgIpc) is 2.75. The molecule has 2 amide bonds. The van der Waals surface area contributed by atoms with Crippen molar-refractivity contribution in [1.29, 1.82) is 0 Å². The van der Waals surface area contributed by atoms with E-state index in [0.29, 0.717) is 21.4 Å². The van der Waals surface area contributed by atoms with Crippen LogP contribution in [0.4, 0.5) is 5.69 Å². The Hall–Kier alpha value is -2.49. The van der Waals surface area contributed by atoms with Crippen LogP contribution in [0.2, 0.25) is 10.0 Å². The smallest absolute Gasteiger partial charge is 0.244 e. The highest BCUT2D eigenvalue weighted by atomic mass is 35.5. The molecule has 0 aliphatic carbocycles. The maximum Gasteiger partial charge on any atom is 0.244 e. The van der Waals surface area contributed by atoms with Gasteiger partial charge in [-0.05, 0) is 31.2 Å². The molecule has 1 N–H and O–H groups in total. The van der Waals surface area contributed by atoms with Crippen molar-refractivity contribution in [2.45, 2.75) is 19.5 Å². The molecule has 0 spiro atoms. The first-order valence-electron chi connectivity index (χ1n) is 9.55. The molecule has 0 aliphatic heterocycles. The third-order valence-corrected chi connectivity index (χ3v) is 6.67. The number of benzene rings is 2. The third-order valence-electron chi connectivity index (χ3n) is 4.82. The van der Waals surface area contributed by atoms with Crippen LogP contribution in [0.15, 0.2) is 42.5 Å². The second-order valence-corrected chi connectivity index (χ2v) is 9.70. The molecule has 0 bridgehead atoms. The van der Waals surface area contributed by atoms with Crippen molar-refractivity contribution in [2.75, 3.05) is 31.3 Å². The Labute approximate surface area is 198 Å². The zero-order chi connectivity index (χ0) is 24.1. The quantitative estimate of drug-likeness (QED) is 0.569. The Balaban J connectivity index is 2.45. The molecule has 174 valence electrons. The normalized spacial score (nSPS) is 12.1. The van der Waals surface area contributed by atoms with E-state index in [2.05, 4.69) is 5.32 Å². The van der Waals surface area contributed by atoms with E-state index in [0.717, 1.165) is 10.6 Å². The maximum absolute atomic E-state index is 13.3. The second-order valence-electron chi connectivity index (χ2n) is 6.98. The highest BCUT2D eigenvalue weighted by Gasteiger charge is 2.30. The molecule has 0 heterocycles. The number of carbonyl (C=O) groups is 2. The summed E-state index contributed by atoms with van der Waals surface area (Å²) in [6.45, 7) is 0.925. The Morgan fingerprint density at radius 3 is 2.25 bits per heavy atom. The van der Waals surface area contributed by atoms with Gasteiger partial charge in [-0.3, -0.25) is 13.9 Å². The molecule has 1 atom stereocenters. The molecule has 0 fully saturated rings. The van der Waals surface area contributed by atoms with E-state index in [-0.39, 0.29) is 12.2 Å². The van der Waals surface area contributed by atoms with E-state index in [9.17, 15) is 18.0 Å². The van der Waals surface area contributed by atoms with Crippen molar-refractivity contribution in [3.8, 4) is 5.75 Å². The van der Waals surface area contributed by atoms with Gasteiger partial charge in [0, 0.05) is 35.3 Å². The van der Waals surface area contributed by atoms with Gasteiger partial charge in [-0.2, -0.15) is 0 Å². The van der Waals surface area contributed by atoms with E-state index >= 15 is 0 Å². The Morgan fingerprint density at radius 1 is 1.12 bits per heavy atom. The van der Waals surface area contributed by atoms with Crippen molar-refractivity contribution in [3.05, 3.63) is 58.1 Å². The molecule has 0 saturated carbocycles. The summed E-state index contributed by atoms with van der Waals surface area (Å²) in [6.07, 6.45) is 0.997. The standard InChI is InChI=1S/C21H25Cl2N3O5S/c1-14(21(28)24-2)25(12-17-18(22)9-6-10-19(17)23)20(27)13-26(32(4,29)30)15-7-5-8-16(11-15)31-3/h5-11,14H,12-13H2,1-4H3,(H,24,28)/t14-/m1/s1. The van der Waals surface area contributed by atoms with E-state index in [1.54, 1.807) is 36.4 Å². The lowest BCUT2D eigenvalue weighted by Gasteiger charge is -2.31. The third kappa shape index (κ3) is 6.27. The first-order valence-corrected chi connectivity index (χ1v) is 12.2. The second kappa shape index (κ2) is 10.9. The van der Waals surface area contributed by atoms with E-state index in [4.69, 9.17) is 27.9 Å². The minimum Gasteiger partial charge on any atom is -0.497 e. The molecule has 0 unspecified atom stereocenters. The highest BCUT2D eigenvalue weighted by molar-refractivity contribution is 7.92. The number of carbonyl (C=O) groups excluding carboxylic acids is 2. The molecule has 2 aromatic rings. The number of amides is 2. The lowest BCUT2D eigenvalue weighted by molar-refractivity contribution is -0.139. The van der Waals surface area contributed by atoms with E-state index in [1.807, 2.05) is 0 Å². The summed E-state index contributed by atoms with van der Waals surface area (Å²) in [7, 11) is -0.934. The maximum atomic E-state index is 13.3. The summed E-state index contributed by atoms with van der Waals surface area (Å²) < 4.78 is 31.1. The number of hydrogen-bond acceptors (Lipinski definition) is 5.